The maximum atomic E-state index is 5.09. The van der Waals surface area contributed by atoms with Crippen LogP contribution in [0.3, 0.4) is 0 Å². The summed E-state index contributed by atoms with van der Waals surface area (Å²) in [5.41, 5.74) is 0. The van der Waals surface area contributed by atoms with Crippen LogP contribution in [0.15, 0.2) is 12.3 Å². The van der Waals surface area contributed by atoms with Crippen LogP contribution in [0.2, 0.25) is 0 Å². The van der Waals surface area contributed by atoms with Crippen molar-refractivity contribution in [3.8, 4) is 0 Å². The van der Waals surface area contributed by atoms with Crippen molar-refractivity contribution in [2.75, 3.05) is 26.3 Å². The Bertz CT molecular complexity index is 140. The van der Waals surface area contributed by atoms with E-state index >= 15 is 0 Å². The van der Waals surface area contributed by atoms with Crippen LogP contribution in [0.4, 0.5) is 0 Å². The summed E-state index contributed by atoms with van der Waals surface area (Å²) in [4.78, 5) is 2.38. The summed E-state index contributed by atoms with van der Waals surface area (Å²) in [7, 11) is 0. The second kappa shape index (κ2) is 2.62. The number of hydrogen-bond acceptors (Lipinski definition) is 2. The average Bonchev–Trinajstić information content (AvgIpc) is 2.29. The number of ether oxygens (including phenoxy) is 1. The third kappa shape index (κ3) is 1.16. The third-order valence-corrected chi connectivity index (χ3v) is 2.10. The Morgan fingerprint density at radius 1 is 1.50 bits per heavy atom. The van der Waals surface area contributed by atoms with E-state index in [0.29, 0.717) is 0 Å². The Morgan fingerprint density at radius 2 is 2.40 bits per heavy atom. The summed E-state index contributed by atoms with van der Waals surface area (Å²) in [6, 6.07) is 0. The quantitative estimate of drug-likeness (QED) is 0.562. The molecule has 2 aliphatic heterocycles. The Balaban J connectivity index is 1.73. The molecule has 0 unspecified atom stereocenters. The molecule has 0 aromatic rings. The van der Waals surface area contributed by atoms with Gasteiger partial charge in [0, 0.05) is 19.0 Å². The molecular formula is C8H13NO. The predicted molar refractivity (Wildman–Crippen MR) is 39.6 cm³/mol. The summed E-state index contributed by atoms with van der Waals surface area (Å²) < 4.78 is 5.09. The fourth-order valence-electron chi connectivity index (χ4n) is 1.41. The lowest BCUT2D eigenvalue weighted by molar-refractivity contribution is -0.0407. The van der Waals surface area contributed by atoms with Gasteiger partial charge in [-0.2, -0.15) is 0 Å². The minimum atomic E-state index is 0.808. The molecule has 1 saturated heterocycles. The maximum absolute atomic E-state index is 5.09. The van der Waals surface area contributed by atoms with Gasteiger partial charge in [-0.15, -0.1) is 0 Å². The lowest BCUT2D eigenvalue weighted by Gasteiger charge is -2.30. The second-order valence-electron chi connectivity index (χ2n) is 3.07. The van der Waals surface area contributed by atoms with Gasteiger partial charge in [-0.1, -0.05) is 6.08 Å². The number of nitrogens with zero attached hydrogens (tertiary/aromatic N) is 1. The van der Waals surface area contributed by atoms with Crippen molar-refractivity contribution in [2.24, 2.45) is 5.92 Å². The molecule has 2 heterocycles. The van der Waals surface area contributed by atoms with Gasteiger partial charge in [0.25, 0.3) is 0 Å². The first-order valence-corrected chi connectivity index (χ1v) is 3.93. The van der Waals surface area contributed by atoms with Crippen LogP contribution in [0.5, 0.6) is 0 Å². The van der Waals surface area contributed by atoms with Gasteiger partial charge >= 0.3 is 0 Å². The van der Waals surface area contributed by atoms with E-state index < -0.39 is 0 Å². The maximum Gasteiger partial charge on any atom is 0.0533 e. The van der Waals surface area contributed by atoms with Gasteiger partial charge < -0.3 is 9.64 Å². The van der Waals surface area contributed by atoms with Crippen molar-refractivity contribution in [3.63, 3.8) is 0 Å². The van der Waals surface area contributed by atoms with Gasteiger partial charge in [-0.3, -0.25) is 0 Å². The molecule has 0 atom stereocenters. The van der Waals surface area contributed by atoms with Crippen molar-refractivity contribution in [2.45, 2.75) is 6.42 Å². The van der Waals surface area contributed by atoms with Crippen LogP contribution in [0.1, 0.15) is 6.42 Å². The zero-order valence-electron chi connectivity index (χ0n) is 6.12. The molecule has 0 aromatic carbocycles. The fourth-order valence-corrected chi connectivity index (χ4v) is 1.41. The minimum Gasteiger partial charge on any atom is -0.381 e. The van der Waals surface area contributed by atoms with E-state index in [2.05, 4.69) is 17.2 Å². The predicted octanol–water partition coefficient (Wildman–Crippen LogP) is 0.852. The molecule has 0 spiro atoms. The Hall–Kier alpha value is -0.500. The van der Waals surface area contributed by atoms with E-state index in [9.17, 15) is 0 Å². The topological polar surface area (TPSA) is 12.5 Å². The molecule has 2 nitrogen and oxygen atoms in total. The van der Waals surface area contributed by atoms with Gasteiger partial charge in [0.1, 0.15) is 0 Å². The molecule has 0 radical (unpaired) electrons. The second-order valence-corrected chi connectivity index (χ2v) is 3.07. The van der Waals surface area contributed by atoms with Crippen molar-refractivity contribution in [3.05, 3.63) is 12.3 Å². The molecule has 0 N–H and O–H groups in total. The molecule has 56 valence electrons. The highest BCUT2D eigenvalue weighted by Gasteiger charge is 2.20. The van der Waals surface area contributed by atoms with Crippen LogP contribution in [0, 0.1) is 5.92 Å². The van der Waals surface area contributed by atoms with Crippen LogP contribution in [-0.2, 0) is 4.74 Å². The monoisotopic (exact) mass is 139 g/mol. The highest BCUT2D eigenvalue weighted by atomic mass is 16.5. The molecule has 0 saturated carbocycles. The third-order valence-electron chi connectivity index (χ3n) is 2.10. The SMILES string of the molecule is C1=CN(CC2COC2)CC1. The summed E-state index contributed by atoms with van der Waals surface area (Å²) in [5, 5.41) is 0. The summed E-state index contributed by atoms with van der Waals surface area (Å²) in [6.45, 7) is 4.38. The van der Waals surface area contributed by atoms with E-state index in [-0.39, 0.29) is 0 Å². The number of hydrogen-bond donors (Lipinski definition) is 0. The van der Waals surface area contributed by atoms with Gasteiger partial charge in [0.2, 0.25) is 0 Å². The van der Waals surface area contributed by atoms with E-state index in [1.807, 2.05) is 0 Å². The standard InChI is InChI=1S/C8H13NO/c1-2-4-9(3-1)5-8-6-10-7-8/h1,3,8H,2,4-7H2. The molecule has 0 aliphatic carbocycles. The van der Waals surface area contributed by atoms with Gasteiger partial charge in [-0.25, -0.2) is 0 Å². The smallest absolute Gasteiger partial charge is 0.0533 e. The van der Waals surface area contributed by atoms with E-state index in [1.54, 1.807) is 0 Å². The van der Waals surface area contributed by atoms with Crippen LogP contribution in [-0.4, -0.2) is 31.2 Å². The molecule has 1 fully saturated rings. The molecule has 10 heavy (non-hydrogen) atoms. The lowest BCUT2D eigenvalue weighted by atomic mass is 10.1. The molecule has 2 aliphatic rings. The van der Waals surface area contributed by atoms with Crippen LogP contribution in [0.25, 0.3) is 0 Å². The van der Waals surface area contributed by atoms with Gasteiger partial charge in [0.15, 0.2) is 0 Å². The van der Waals surface area contributed by atoms with E-state index in [1.165, 1.54) is 19.5 Å². The zero-order valence-corrected chi connectivity index (χ0v) is 6.12. The van der Waals surface area contributed by atoms with Crippen LogP contribution < -0.4 is 0 Å². The van der Waals surface area contributed by atoms with Gasteiger partial charge in [0.05, 0.1) is 13.2 Å². The molecule has 0 bridgehead atoms. The van der Waals surface area contributed by atoms with Crippen molar-refractivity contribution in [1.29, 1.82) is 0 Å². The lowest BCUT2D eigenvalue weighted by Crippen LogP contribution is -2.36. The van der Waals surface area contributed by atoms with Gasteiger partial charge in [-0.05, 0) is 12.6 Å². The molecule has 0 aromatic heterocycles. The van der Waals surface area contributed by atoms with Crippen LogP contribution >= 0.6 is 0 Å². The first kappa shape index (κ1) is 6.23. The average molecular weight is 139 g/mol. The minimum absolute atomic E-state index is 0.808. The van der Waals surface area contributed by atoms with Crippen molar-refractivity contribution in [1.82, 2.24) is 4.90 Å². The van der Waals surface area contributed by atoms with Crippen molar-refractivity contribution < 1.29 is 4.74 Å². The summed E-state index contributed by atoms with van der Waals surface area (Å²) in [6.07, 6.45) is 5.67. The Kier molecular flexibility index (Phi) is 1.63. The fraction of sp³-hybridized carbons (Fsp3) is 0.750. The zero-order chi connectivity index (χ0) is 6.81. The summed E-state index contributed by atoms with van der Waals surface area (Å²) in [5.74, 6) is 0.808. The largest absolute Gasteiger partial charge is 0.381 e. The Labute approximate surface area is 61.5 Å². The molecule has 2 rings (SSSR count). The molecule has 2 heteroatoms. The summed E-state index contributed by atoms with van der Waals surface area (Å²) >= 11 is 0. The first-order valence-electron chi connectivity index (χ1n) is 3.93. The first-order chi connectivity index (χ1) is 4.95. The van der Waals surface area contributed by atoms with E-state index in [0.717, 1.165) is 19.1 Å². The molecule has 0 amide bonds. The van der Waals surface area contributed by atoms with Crippen molar-refractivity contribution >= 4 is 0 Å². The highest BCUT2D eigenvalue weighted by Crippen LogP contribution is 2.14. The highest BCUT2D eigenvalue weighted by molar-refractivity contribution is 4.92. The molecular weight excluding hydrogens is 126 g/mol. The normalized spacial score (nSPS) is 25.4. The Morgan fingerprint density at radius 3 is 2.90 bits per heavy atom. The number of rotatable bonds is 2. The van der Waals surface area contributed by atoms with E-state index in [4.69, 9.17) is 4.74 Å².